The van der Waals surface area contributed by atoms with E-state index in [1.54, 1.807) is 0 Å². The van der Waals surface area contributed by atoms with Crippen molar-refractivity contribution in [1.29, 1.82) is 0 Å². The van der Waals surface area contributed by atoms with Crippen LogP contribution in [-0.2, 0) is 28.6 Å². The smallest absolute Gasteiger partial charge is 0.306 e. The van der Waals surface area contributed by atoms with Gasteiger partial charge in [-0.15, -0.1) is 0 Å². The van der Waals surface area contributed by atoms with Crippen molar-refractivity contribution >= 4 is 17.9 Å². The SMILES string of the molecule is CC/C=C\C/C=C\C/C=C\CCCCCCCCCC(=O)OCC(COC(=O)CCCCCCC/C=C\C/C=C\CCC)OC(=O)CCCCCCCCCCCCCCCCCCC. The Labute approximate surface area is 402 Å². The Morgan fingerprint density at radius 1 is 0.323 bits per heavy atom. The molecule has 0 aliphatic carbocycles. The zero-order chi connectivity index (χ0) is 47.2. The van der Waals surface area contributed by atoms with E-state index in [9.17, 15) is 14.4 Å². The van der Waals surface area contributed by atoms with Crippen LogP contribution in [0.2, 0.25) is 0 Å². The summed E-state index contributed by atoms with van der Waals surface area (Å²) in [6.45, 7) is 6.47. The number of hydrogen-bond donors (Lipinski definition) is 0. The average Bonchev–Trinajstić information content (AvgIpc) is 3.30. The van der Waals surface area contributed by atoms with Gasteiger partial charge in [0.15, 0.2) is 6.10 Å². The van der Waals surface area contributed by atoms with Gasteiger partial charge in [-0.2, -0.15) is 0 Å². The van der Waals surface area contributed by atoms with Crippen molar-refractivity contribution in [2.24, 2.45) is 0 Å². The highest BCUT2D eigenvalue weighted by atomic mass is 16.6. The van der Waals surface area contributed by atoms with Crippen LogP contribution >= 0.6 is 0 Å². The zero-order valence-corrected chi connectivity index (χ0v) is 43.0. The minimum absolute atomic E-state index is 0.0819. The number of unbranched alkanes of at least 4 members (excludes halogenated alkanes) is 29. The molecule has 0 saturated carbocycles. The van der Waals surface area contributed by atoms with Crippen LogP contribution in [-0.4, -0.2) is 37.2 Å². The Hall–Kier alpha value is -2.89. The van der Waals surface area contributed by atoms with Crippen LogP contribution in [0.1, 0.15) is 278 Å². The van der Waals surface area contributed by atoms with Crippen LogP contribution in [0, 0.1) is 0 Å². The van der Waals surface area contributed by atoms with Gasteiger partial charge < -0.3 is 14.2 Å². The van der Waals surface area contributed by atoms with Gasteiger partial charge in [0.1, 0.15) is 13.2 Å². The van der Waals surface area contributed by atoms with Crippen molar-refractivity contribution in [3.63, 3.8) is 0 Å². The van der Waals surface area contributed by atoms with Gasteiger partial charge in [-0.05, 0) is 77.0 Å². The molecule has 376 valence electrons. The molecule has 0 N–H and O–H groups in total. The maximum Gasteiger partial charge on any atom is 0.306 e. The molecule has 0 radical (unpaired) electrons. The third-order valence-corrected chi connectivity index (χ3v) is 12.0. The normalized spacial score (nSPS) is 12.5. The first-order chi connectivity index (χ1) is 32.0. The quantitative estimate of drug-likeness (QED) is 0.0262. The number of allylic oxidation sites excluding steroid dienone is 10. The number of rotatable bonds is 50. The first-order valence-electron chi connectivity index (χ1n) is 27.8. The lowest BCUT2D eigenvalue weighted by molar-refractivity contribution is -0.167. The second kappa shape index (κ2) is 53.7. The van der Waals surface area contributed by atoms with E-state index in [-0.39, 0.29) is 31.1 Å². The maximum absolute atomic E-state index is 12.8. The Morgan fingerprint density at radius 3 is 1.00 bits per heavy atom. The van der Waals surface area contributed by atoms with Crippen molar-refractivity contribution in [1.82, 2.24) is 0 Å². The van der Waals surface area contributed by atoms with E-state index in [2.05, 4.69) is 81.5 Å². The topological polar surface area (TPSA) is 78.9 Å². The molecule has 0 aromatic heterocycles. The predicted octanol–water partition coefficient (Wildman–Crippen LogP) is 18.4. The number of esters is 3. The summed E-state index contributed by atoms with van der Waals surface area (Å²) < 4.78 is 16.8. The number of carbonyl (C=O) groups is 3. The van der Waals surface area contributed by atoms with Gasteiger partial charge in [0, 0.05) is 19.3 Å². The molecule has 0 aliphatic rings. The first-order valence-corrected chi connectivity index (χ1v) is 27.8. The van der Waals surface area contributed by atoms with Crippen LogP contribution in [0.15, 0.2) is 60.8 Å². The lowest BCUT2D eigenvalue weighted by Crippen LogP contribution is -2.30. The molecule has 6 heteroatoms. The van der Waals surface area contributed by atoms with Crippen molar-refractivity contribution < 1.29 is 28.6 Å². The van der Waals surface area contributed by atoms with Crippen molar-refractivity contribution in [3.8, 4) is 0 Å². The summed E-state index contributed by atoms with van der Waals surface area (Å²) in [7, 11) is 0. The van der Waals surface area contributed by atoms with Crippen LogP contribution in [0.3, 0.4) is 0 Å². The van der Waals surface area contributed by atoms with E-state index in [4.69, 9.17) is 14.2 Å². The van der Waals surface area contributed by atoms with E-state index >= 15 is 0 Å². The summed E-state index contributed by atoms with van der Waals surface area (Å²) >= 11 is 0. The molecular weight excluding hydrogens is 805 g/mol. The molecule has 1 atom stereocenters. The van der Waals surface area contributed by atoms with E-state index in [1.165, 1.54) is 128 Å². The maximum atomic E-state index is 12.8. The Kier molecular flexibility index (Phi) is 51.3. The monoisotopic (exact) mass is 909 g/mol. The van der Waals surface area contributed by atoms with E-state index < -0.39 is 6.10 Å². The molecule has 0 aromatic rings. The Morgan fingerprint density at radius 2 is 0.631 bits per heavy atom. The zero-order valence-electron chi connectivity index (χ0n) is 43.0. The lowest BCUT2D eigenvalue weighted by Gasteiger charge is -2.18. The summed E-state index contributed by atoms with van der Waals surface area (Å²) in [5.41, 5.74) is 0. The third-order valence-electron chi connectivity index (χ3n) is 12.0. The Bertz CT molecular complexity index is 1180. The van der Waals surface area contributed by atoms with Gasteiger partial charge in [-0.1, -0.05) is 242 Å². The molecule has 0 saturated heterocycles. The molecular formula is C59H104O6. The minimum Gasteiger partial charge on any atom is -0.462 e. The predicted molar refractivity (Wildman–Crippen MR) is 279 cm³/mol. The average molecular weight is 909 g/mol. The van der Waals surface area contributed by atoms with Crippen LogP contribution < -0.4 is 0 Å². The highest BCUT2D eigenvalue weighted by molar-refractivity contribution is 5.71. The number of carbonyl (C=O) groups excluding carboxylic acids is 3. The van der Waals surface area contributed by atoms with Crippen molar-refractivity contribution in [2.75, 3.05) is 13.2 Å². The fourth-order valence-corrected chi connectivity index (χ4v) is 7.85. The molecule has 0 rings (SSSR count). The van der Waals surface area contributed by atoms with Crippen LogP contribution in [0.25, 0.3) is 0 Å². The molecule has 0 aliphatic heterocycles. The highest BCUT2D eigenvalue weighted by Gasteiger charge is 2.19. The van der Waals surface area contributed by atoms with Gasteiger partial charge in [0.2, 0.25) is 0 Å². The highest BCUT2D eigenvalue weighted by Crippen LogP contribution is 2.16. The summed E-state index contributed by atoms with van der Waals surface area (Å²) in [4.78, 5) is 38.1. The fourth-order valence-electron chi connectivity index (χ4n) is 7.85. The van der Waals surface area contributed by atoms with Crippen LogP contribution in [0.5, 0.6) is 0 Å². The molecule has 0 amide bonds. The van der Waals surface area contributed by atoms with Crippen LogP contribution in [0.4, 0.5) is 0 Å². The lowest BCUT2D eigenvalue weighted by atomic mass is 10.0. The summed E-state index contributed by atoms with van der Waals surface area (Å²) in [5.74, 6) is -0.894. The molecule has 0 aromatic carbocycles. The Balaban J connectivity index is 4.37. The van der Waals surface area contributed by atoms with Gasteiger partial charge >= 0.3 is 17.9 Å². The third kappa shape index (κ3) is 51.9. The van der Waals surface area contributed by atoms with E-state index in [0.717, 1.165) is 109 Å². The standard InChI is InChI=1S/C59H104O6/c1-4-7-10-13-16-19-22-25-27-29-31-34-37-40-43-46-49-52-58(61)64-55-56(54-63-57(60)51-48-45-42-39-36-33-24-21-18-15-12-9-6-3)65-59(62)53-50-47-44-41-38-35-32-30-28-26-23-20-17-14-11-8-5-2/h7,10,12,15-16,19,21,24-25,27,56H,4-6,8-9,11,13-14,17-18,20,22-23,26,28-55H2,1-3H3/b10-7-,15-12-,19-16-,24-21-,27-25-. The second-order valence-electron chi connectivity index (χ2n) is 18.5. The van der Waals surface area contributed by atoms with Gasteiger partial charge in [-0.3, -0.25) is 14.4 Å². The largest absolute Gasteiger partial charge is 0.462 e. The second-order valence-corrected chi connectivity index (χ2v) is 18.5. The summed E-state index contributed by atoms with van der Waals surface area (Å²) in [6.07, 6.45) is 66.3. The van der Waals surface area contributed by atoms with Crippen molar-refractivity contribution in [3.05, 3.63) is 60.8 Å². The molecule has 0 bridgehead atoms. The van der Waals surface area contributed by atoms with E-state index in [1.807, 2.05) is 0 Å². The molecule has 0 spiro atoms. The fraction of sp³-hybridized carbons (Fsp3) is 0.780. The molecule has 6 nitrogen and oxygen atoms in total. The number of hydrogen-bond acceptors (Lipinski definition) is 6. The molecule has 0 fully saturated rings. The van der Waals surface area contributed by atoms with Gasteiger partial charge in [-0.25, -0.2) is 0 Å². The minimum atomic E-state index is -0.782. The van der Waals surface area contributed by atoms with Gasteiger partial charge in [0.05, 0.1) is 0 Å². The molecule has 1 unspecified atom stereocenters. The number of ether oxygens (including phenoxy) is 3. The van der Waals surface area contributed by atoms with E-state index in [0.29, 0.717) is 19.3 Å². The molecule has 65 heavy (non-hydrogen) atoms. The molecule has 0 heterocycles. The summed E-state index contributed by atoms with van der Waals surface area (Å²) in [5, 5.41) is 0. The summed E-state index contributed by atoms with van der Waals surface area (Å²) in [6, 6.07) is 0. The van der Waals surface area contributed by atoms with Crippen molar-refractivity contribution in [2.45, 2.75) is 284 Å². The van der Waals surface area contributed by atoms with Gasteiger partial charge in [0.25, 0.3) is 0 Å². The first kappa shape index (κ1) is 62.1.